The Kier molecular flexibility index (Phi) is 5.04. The molecular weight excluding hydrogens is 294 g/mol. The van der Waals surface area contributed by atoms with Crippen molar-refractivity contribution in [1.82, 2.24) is 14.8 Å². The number of aromatic nitrogens is 1. The van der Waals surface area contributed by atoms with Crippen molar-refractivity contribution >= 4 is 0 Å². The minimum Gasteiger partial charge on any atom is -0.503 e. The predicted molar refractivity (Wildman–Crippen MR) is 88.6 cm³/mol. The van der Waals surface area contributed by atoms with Gasteiger partial charge in [-0.05, 0) is 26.7 Å². The van der Waals surface area contributed by atoms with Gasteiger partial charge in [0.2, 0.25) is 5.43 Å². The summed E-state index contributed by atoms with van der Waals surface area (Å²) in [5, 5.41) is 9.30. The molecule has 23 heavy (non-hydrogen) atoms. The van der Waals surface area contributed by atoms with Gasteiger partial charge in [0.1, 0.15) is 0 Å². The molecule has 2 aliphatic rings. The molecule has 1 aromatic rings. The Morgan fingerprint density at radius 2 is 1.91 bits per heavy atom. The molecule has 128 valence electrons. The first kappa shape index (κ1) is 16.5. The van der Waals surface area contributed by atoms with E-state index >= 15 is 0 Å². The van der Waals surface area contributed by atoms with Gasteiger partial charge in [0.15, 0.2) is 5.75 Å². The van der Waals surface area contributed by atoms with Crippen LogP contribution >= 0.6 is 0 Å². The van der Waals surface area contributed by atoms with Gasteiger partial charge >= 0.3 is 0 Å². The van der Waals surface area contributed by atoms with Crippen LogP contribution in [0.3, 0.4) is 0 Å². The molecule has 6 nitrogen and oxygen atoms in total. The molecule has 2 unspecified atom stereocenters. The fourth-order valence-electron chi connectivity index (χ4n) is 3.80. The average molecular weight is 321 g/mol. The van der Waals surface area contributed by atoms with Gasteiger partial charge in [-0.15, -0.1) is 0 Å². The molecule has 0 spiro atoms. The summed E-state index contributed by atoms with van der Waals surface area (Å²) in [5.74, 6) is -0.219. The van der Waals surface area contributed by atoms with Crippen molar-refractivity contribution in [2.75, 3.05) is 26.2 Å². The number of hydrogen-bond donors (Lipinski definition) is 2. The molecule has 1 aromatic heterocycles. The minimum atomic E-state index is -0.315. The van der Waals surface area contributed by atoms with E-state index in [1.807, 2.05) is 0 Å². The molecule has 0 saturated carbocycles. The normalized spacial score (nSPS) is 28.1. The Bertz CT molecular complexity index is 571. The van der Waals surface area contributed by atoms with Crippen molar-refractivity contribution in [3.63, 3.8) is 0 Å². The monoisotopic (exact) mass is 321 g/mol. The lowest BCUT2D eigenvalue weighted by Gasteiger charge is -2.43. The number of piperidine rings is 1. The fourth-order valence-corrected chi connectivity index (χ4v) is 3.80. The number of morpholine rings is 1. The zero-order chi connectivity index (χ0) is 16.4. The average Bonchev–Trinajstić information content (AvgIpc) is 2.51. The number of aromatic hydroxyl groups is 1. The van der Waals surface area contributed by atoms with Gasteiger partial charge in [-0.2, -0.15) is 0 Å². The highest BCUT2D eigenvalue weighted by Crippen LogP contribution is 2.22. The van der Waals surface area contributed by atoms with Gasteiger partial charge in [0.25, 0.3) is 0 Å². The van der Waals surface area contributed by atoms with Crippen LogP contribution < -0.4 is 5.43 Å². The number of hydrogen-bond acceptors (Lipinski definition) is 5. The lowest BCUT2D eigenvalue weighted by Crippen LogP contribution is -2.53. The van der Waals surface area contributed by atoms with Crippen molar-refractivity contribution in [3.8, 4) is 5.75 Å². The van der Waals surface area contributed by atoms with Crippen LogP contribution in [-0.4, -0.2) is 64.3 Å². The molecule has 2 atom stereocenters. The van der Waals surface area contributed by atoms with Crippen LogP contribution in [0.2, 0.25) is 0 Å². The van der Waals surface area contributed by atoms with Crippen molar-refractivity contribution in [1.29, 1.82) is 0 Å². The van der Waals surface area contributed by atoms with E-state index < -0.39 is 0 Å². The Balaban J connectivity index is 1.52. The van der Waals surface area contributed by atoms with E-state index in [1.165, 1.54) is 12.3 Å². The molecule has 0 radical (unpaired) electrons. The number of nitrogens with zero attached hydrogens (tertiary/aromatic N) is 2. The van der Waals surface area contributed by atoms with Gasteiger partial charge in [-0.1, -0.05) is 0 Å². The van der Waals surface area contributed by atoms with Crippen LogP contribution in [0.4, 0.5) is 0 Å². The third-order valence-electron chi connectivity index (χ3n) is 4.87. The van der Waals surface area contributed by atoms with Crippen LogP contribution in [-0.2, 0) is 11.3 Å². The summed E-state index contributed by atoms with van der Waals surface area (Å²) in [6.07, 6.45) is 4.32. The Labute approximate surface area is 137 Å². The van der Waals surface area contributed by atoms with E-state index in [0.29, 0.717) is 18.2 Å². The second kappa shape index (κ2) is 7.03. The molecule has 3 rings (SSSR count). The van der Waals surface area contributed by atoms with E-state index in [1.54, 1.807) is 0 Å². The maximum Gasteiger partial charge on any atom is 0.223 e. The molecule has 2 aliphatic heterocycles. The molecule has 3 heterocycles. The van der Waals surface area contributed by atoms with E-state index in [-0.39, 0.29) is 11.2 Å². The molecule has 2 N–H and O–H groups in total. The number of ether oxygens (including phenoxy) is 1. The Hall–Kier alpha value is -1.37. The minimum absolute atomic E-state index is 0.219. The molecule has 2 saturated heterocycles. The first-order valence-corrected chi connectivity index (χ1v) is 8.53. The third-order valence-corrected chi connectivity index (χ3v) is 4.87. The number of H-pyrrole nitrogens is 1. The molecule has 0 aromatic carbocycles. The van der Waals surface area contributed by atoms with E-state index in [2.05, 4.69) is 28.6 Å². The summed E-state index contributed by atoms with van der Waals surface area (Å²) in [6, 6.07) is 2.13. The van der Waals surface area contributed by atoms with Crippen LogP contribution in [0.25, 0.3) is 0 Å². The molecular formula is C17H27N3O3. The highest BCUT2D eigenvalue weighted by atomic mass is 16.5. The second-order valence-corrected chi connectivity index (χ2v) is 6.93. The number of aromatic amines is 1. The topological polar surface area (TPSA) is 68.8 Å². The SMILES string of the molecule is CC1CN(C2CCN(Cc3cc(=O)c(O)c[nH]3)CC2)CC(C)O1. The quantitative estimate of drug-likeness (QED) is 0.874. The Morgan fingerprint density at radius 3 is 2.52 bits per heavy atom. The summed E-state index contributed by atoms with van der Waals surface area (Å²) >= 11 is 0. The lowest BCUT2D eigenvalue weighted by molar-refractivity contribution is -0.0866. The predicted octanol–water partition coefficient (Wildman–Crippen LogP) is 1.15. The number of pyridine rings is 1. The van der Waals surface area contributed by atoms with Crippen LogP contribution in [0.15, 0.2) is 17.1 Å². The molecule has 0 amide bonds. The van der Waals surface area contributed by atoms with Gasteiger partial charge in [0.05, 0.1) is 12.2 Å². The fraction of sp³-hybridized carbons (Fsp3) is 0.706. The highest BCUT2D eigenvalue weighted by molar-refractivity contribution is 5.18. The van der Waals surface area contributed by atoms with Gasteiger partial charge in [-0.3, -0.25) is 14.6 Å². The van der Waals surface area contributed by atoms with Crippen molar-refractivity contribution in [2.45, 2.75) is 51.5 Å². The Morgan fingerprint density at radius 1 is 1.26 bits per heavy atom. The number of likely N-dealkylation sites (tertiary alicyclic amines) is 1. The smallest absolute Gasteiger partial charge is 0.223 e. The first-order chi connectivity index (χ1) is 11.0. The van der Waals surface area contributed by atoms with Gasteiger partial charge in [-0.25, -0.2) is 0 Å². The van der Waals surface area contributed by atoms with E-state index in [4.69, 9.17) is 4.74 Å². The van der Waals surface area contributed by atoms with Gasteiger partial charge < -0.3 is 14.8 Å². The number of nitrogens with one attached hydrogen (secondary N) is 1. The lowest BCUT2D eigenvalue weighted by atomic mass is 10.0. The summed E-state index contributed by atoms with van der Waals surface area (Å²) in [4.78, 5) is 19.4. The molecule has 0 bridgehead atoms. The third kappa shape index (κ3) is 4.13. The molecule has 2 fully saturated rings. The maximum absolute atomic E-state index is 11.5. The first-order valence-electron chi connectivity index (χ1n) is 8.53. The summed E-state index contributed by atoms with van der Waals surface area (Å²) in [5.41, 5.74) is 0.546. The van der Waals surface area contributed by atoms with Crippen molar-refractivity contribution in [2.24, 2.45) is 0 Å². The van der Waals surface area contributed by atoms with Crippen LogP contribution in [0.5, 0.6) is 5.75 Å². The molecule has 6 heteroatoms. The summed E-state index contributed by atoms with van der Waals surface area (Å²) in [7, 11) is 0. The van der Waals surface area contributed by atoms with Gasteiger partial charge in [0, 0.05) is 56.7 Å². The van der Waals surface area contributed by atoms with Crippen molar-refractivity contribution < 1.29 is 9.84 Å². The van der Waals surface area contributed by atoms with E-state index in [9.17, 15) is 9.90 Å². The van der Waals surface area contributed by atoms with Crippen LogP contribution in [0.1, 0.15) is 32.4 Å². The standard InChI is InChI=1S/C17H27N3O3/c1-12-9-20(10-13(2)23-12)15-3-5-19(6-4-15)11-14-7-16(21)17(22)8-18-14/h7-8,12-13,15,22H,3-6,9-11H2,1-2H3,(H,18,21). The highest BCUT2D eigenvalue weighted by Gasteiger charge is 2.30. The maximum atomic E-state index is 11.5. The number of rotatable bonds is 3. The molecule has 0 aliphatic carbocycles. The zero-order valence-electron chi connectivity index (χ0n) is 14.0. The summed E-state index contributed by atoms with van der Waals surface area (Å²) < 4.78 is 5.82. The van der Waals surface area contributed by atoms with E-state index in [0.717, 1.165) is 51.3 Å². The largest absolute Gasteiger partial charge is 0.503 e. The van der Waals surface area contributed by atoms with Crippen molar-refractivity contribution in [3.05, 3.63) is 28.2 Å². The second-order valence-electron chi connectivity index (χ2n) is 6.93. The summed E-state index contributed by atoms with van der Waals surface area (Å²) in [6.45, 7) is 9.16. The van der Waals surface area contributed by atoms with Crippen LogP contribution in [0, 0.1) is 0 Å². The zero-order valence-corrected chi connectivity index (χ0v) is 14.0.